The van der Waals surface area contributed by atoms with Crippen LogP contribution in [0.4, 0.5) is 4.39 Å². The quantitative estimate of drug-likeness (QED) is 0.858. The van der Waals surface area contributed by atoms with Crippen molar-refractivity contribution in [2.75, 3.05) is 0 Å². The van der Waals surface area contributed by atoms with Gasteiger partial charge in [0.15, 0.2) is 0 Å². The van der Waals surface area contributed by atoms with Crippen LogP contribution in [0.15, 0.2) is 22.6 Å². The Bertz CT molecular complexity index is 504. The molecule has 0 aliphatic carbocycles. The highest BCUT2D eigenvalue weighted by atomic mass is 19.1. The van der Waals surface area contributed by atoms with Crippen LogP contribution in [0.2, 0.25) is 0 Å². The third-order valence-corrected chi connectivity index (χ3v) is 2.87. The Morgan fingerprint density at radius 2 is 2.19 bits per heavy atom. The lowest BCUT2D eigenvalue weighted by molar-refractivity contribution is 0.471. The lowest BCUT2D eigenvalue weighted by atomic mass is 10.1. The molecular formula is C13H16FNO. The van der Waals surface area contributed by atoms with E-state index in [0.29, 0.717) is 5.58 Å². The maximum absolute atomic E-state index is 13.1. The SMILES string of the molecule is CCCC(N)c1oc2ccc(F)cc2c1C. The largest absolute Gasteiger partial charge is 0.459 e. The van der Waals surface area contributed by atoms with Gasteiger partial charge in [0.05, 0.1) is 6.04 Å². The van der Waals surface area contributed by atoms with Gasteiger partial charge in [-0.1, -0.05) is 13.3 Å². The van der Waals surface area contributed by atoms with E-state index in [1.165, 1.54) is 12.1 Å². The minimum absolute atomic E-state index is 0.0968. The van der Waals surface area contributed by atoms with E-state index in [9.17, 15) is 4.39 Å². The number of halogens is 1. The molecule has 0 bridgehead atoms. The Kier molecular flexibility index (Phi) is 2.97. The first-order chi connectivity index (χ1) is 7.63. The number of rotatable bonds is 3. The standard InChI is InChI=1S/C13H16FNO/c1-3-4-11(15)13-8(2)10-7-9(14)5-6-12(10)16-13/h5-7,11H,3-4,15H2,1-2H3. The zero-order valence-corrected chi connectivity index (χ0v) is 9.59. The van der Waals surface area contributed by atoms with Gasteiger partial charge < -0.3 is 10.2 Å². The molecule has 2 rings (SSSR count). The predicted molar refractivity (Wildman–Crippen MR) is 62.7 cm³/mol. The molecule has 0 aliphatic rings. The number of benzene rings is 1. The monoisotopic (exact) mass is 221 g/mol. The van der Waals surface area contributed by atoms with Crippen molar-refractivity contribution >= 4 is 11.0 Å². The van der Waals surface area contributed by atoms with Crippen molar-refractivity contribution in [1.29, 1.82) is 0 Å². The van der Waals surface area contributed by atoms with Crippen molar-refractivity contribution in [3.05, 3.63) is 35.3 Å². The molecule has 0 fully saturated rings. The average Bonchev–Trinajstić information content (AvgIpc) is 2.57. The Hall–Kier alpha value is -1.35. The molecule has 86 valence electrons. The molecule has 0 radical (unpaired) electrons. The maximum Gasteiger partial charge on any atom is 0.134 e. The van der Waals surface area contributed by atoms with Gasteiger partial charge in [-0.15, -0.1) is 0 Å². The summed E-state index contributed by atoms with van der Waals surface area (Å²) in [5, 5.41) is 0.821. The Morgan fingerprint density at radius 1 is 1.44 bits per heavy atom. The number of furan rings is 1. The Labute approximate surface area is 94.2 Å². The van der Waals surface area contributed by atoms with Gasteiger partial charge >= 0.3 is 0 Å². The summed E-state index contributed by atoms with van der Waals surface area (Å²) >= 11 is 0. The summed E-state index contributed by atoms with van der Waals surface area (Å²) < 4.78 is 18.8. The van der Waals surface area contributed by atoms with E-state index >= 15 is 0 Å². The molecule has 0 spiro atoms. The van der Waals surface area contributed by atoms with Crippen molar-refractivity contribution in [3.8, 4) is 0 Å². The summed E-state index contributed by atoms with van der Waals surface area (Å²) in [6.07, 6.45) is 1.88. The van der Waals surface area contributed by atoms with E-state index < -0.39 is 0 Å². The highest BCUT2D eigenvalue weighted by Gasteiger charge is 2.16. The number of aryl methyl sites for hydroxylation is 1. The van der Waals surface area contributed by atoms with E-state index in [0.717, 1.165) is 29.6 Å². The molecule has 2 N–H and O–H groups in total. The van der Waals surface area contributed by atoms with Crippen LogP contribution in [0.1, 0.15) is 37.1 Å². The van der Waals surface area contributed by atoms with Gasteiger partial charge in [-0.2, -0.15) is 0 Å². The van der Waals surface area contributed by atoms with Crippen LogP contribution in [0.25, 0.3) is 11.0 Å². The molecule has 2 aromatic rings. The summed E-state index contributed by atoms with van der Waals surface area (Å²) in [4.78, 5) is 0. The topological polar surface area (TPSA) is 39.2 Å². The summed E-state index contributed by atoms with van der Waals surface area (Å²) in [6.45, 7) is 4.01. The molecule has 0 saturated carbocycles. The Morgan fingerprint density at radius 3 is 2.88 bits per heavy atom. The van der Waals surface area contributed by atoms with Crippen molar-refractivity contribution in [3.63, 3.8) is 0 Å². The molecule has 0 amide bonds. The minimum Gasteiger partial charge on any atom is -0.459 e. The van der Waals surface area contributed by atoms with E-state index in [1.54, 1.807) is 6.07 Å². The second-order valence-corrected chi connectivity index (χ2v) is 4.13. The fourth-order valence-corrected chi connectivity index (χ4v) is 2.01. The van der Waals surface area contributed by atoms with Crippen LogP contribution in [0, 0.1) is 12.7 Å². The van der Waals surface area contributed by atoms with Crippen molar-refractivity contribution in [2.45, 2.75) is 32.7 Å². The fourth-order valence-electron chi connectivity index (χ4n) is 2.01. The lowest BCUT2D eigenvalue weighted by Crippen LogP contribution is -2.09. The molecule has 3 heteroatoms. The summed E-state index contributed by atoms with van der Waals surface area (Å²) in [5.41, 5.74) is 7.68. The molecule has 1 aromatic heterocycles. The van der Waals surface area contributed by atoms with E-state index in [2.05, 4.69) is 6.92 Å². The molecular weight excluding hydrogens is 205 g/mol. The first kappa shape index (κ1) is 11.1. The summed E-state index contributed by atoms with van der Waals surface area (Å²) in [6, 6.07) is 4.46. The van der Waals surface area contributed by atoms with Crippen LogP contribution in [-0.2, 0) is 0 Å². The average molecular weight is 221 g/mol. The smallest absolute Gasteiger partial charge is 0.134 e. The van der Waals surface area contributed by atoms with Crippen LogP contribution < -0.4 is 5.73 Å². The van der Waals surface area contributed by atoms with Crippen LogP contribution in [0.3, 0.4) is 0 Å². The van der Waals surface area contributed by atoms with Gasteiger partial charge in [-0.3, -0.25) is 0 Å². The van der Waals surface area contributed by atoms with Crippen molar-refractivity contribution in [2.24, 2.45) is 5.73 Å². The predicted octanol–water partition coefficient (Wildman–Crippen LogP) is 3.68. The molecule has 2 nitrogen and oxygen atoms in total. The Balaban J connectivity index is 2.51. The van der Waals surface area contributed by atoms with E-state index in [1.807, 2.05) is 6.92 Å². The third kappa shape index (κ3) is 1.83. The number of hydrogen-bond donors (Lipinski definition) is 1. The molecule has 1 atom stereocenters. The van der Waals surface area contributed by atoms with E-state index in [4.69, 9.17) is 10.2 Å². The summed E-state index contributed by atoms with van der Waals surface area (Å²) in [5.74, 6) is 0.537. The van der Waals surface area contributed by atoms with Gasteiger partial charge in [0.25, 0.3) is 0 Å². The molecule has 0 aliphatic heterocycles. The van der Waals surface area contributed by atoms with Gasteiger partial charge in [-0.05, 0) is 31.5 Å². The van der Waals surface area contributed by atoms with Crippen molar-refractivity contribution in [1.82, 2.24) is 0 Å². The van der Waals surface area contributed by atoms with Crippen LogP contribution >= 0.6 is 0 Å². The first-order valence-corrected chi connectivity index (χ1v) is 5.57. The second-order valence-electron chi connectivity index (χ2n) is 4.13. The highest BCUT2D eigenvalue weighted by molar-refractivity contribution is 5.82. The lowest BCUT2D eigenvalue weighted by Gasteiger charge is -2.07. The highest BCUT2D eigenvalue weighted by Crippen LogP contribution is 2.30. The van der Waals surface area contributed by atoms with Crippen LogP contribution in [-0.4, -0.2) is 0 Å². The first-order valence-electron chi connectivity index (χ1n) is 5.57. The van der Waals surface area contributed by atoms with Crippen LogP contribution in [0.5, 0.6) is 0 Å². The zero-order chi connectivity index (χ0) is 11.7. The van der Waals surface area contributed by atoms with Crippen molar-refractivity contribution < 1.29 is 8.81 Å². The molecule has 0 saturated heterocycles. The van der Waals surface area contributed by atoms with Gasteiger partial charge in [0.1, 0.15) is 17.2 Å². The van der Waals surface area contributed by atoms with E-state index in [-0.39, 0.29) is 11.9 Å². The third-order valence-electron chi connectivity index (χ3n) is 2.87. The normalized spacial score (nSPS) is 13.2. The number of fused-ring (bicyclic) bond motifs is 1. The molecule has 16 heavy (non-hydrogen) atoms. The number of nitrogens with two attached hydrogens (primary N) is 1. The second kappa shape index (κ2) is 4.26. The van der Waals surface area contributed by atoms with Gasteiger partial charge in [-0.25, -0.2) is 4.39 Å². The van der Waals surface area contributed by atoms with Gasteiger partial charge in [0, 0.05) is 10.9 Å². The fraction of sp³-hybridized carbons (Fsp3) is 0.385. The maximum atomic E-state index is 13.1. The minimum atomic E-state index is -0.244. The number of hydrogen-bond acceptors (Lipinski definition) is 2. The van der Waals surface area contributed by atoms with Gasteiger partial charge in [0.2, 0.25) is 0 Å². The zero-order valence-electron chi connectivity index (χ0n) is 9.59. The summed E-state index contributed by atoms with van der Waals surface area (Å²) in [7, 11) is 0. The molecule has 1 heterocycles. The molecule has 1 aromatic carbocycles. The molecule has 1 unspecified atom stereocenters.